The zero-order valence-corrected chi connectivity index (χ0v) is 15.5. The zero-order chi connectivity index (χ0) is 18.3. The molecule has 5 nitrogen and oxygen atoms in total. The molecule has 0 atom stereocenters. The van der Waals surface area contributed by atoms with Gasteiger partial charge in [-0.25, -0.2) is 14.5 Å². The normalized spacial score (nSPS) is 14.3. The summed E-state index contributed by atoms with van der Waals surface area (Å²) in [7, 11) is 0. The fraction of sp³-hybridized carbons (Fsp3) is 0.381. The quantitative estimate of drug-likeness (QED) is 0.649. The molecular formula is C21H23N3O2. The molecule has 1 aliphatic rings. The number of rotatable bonds is 2. The van der Waals surface area contributed by atoms with Gasteiger partial charge in [0.05, 0.1) is 17.3 Å². The lowest BCUT2D eigenvalue weighted by atomic mass is 9.98. The van der Waals surface area contributed by atoms with Crippen LogP contribution >= 0.6 is 0 Å². The Balaban J connectivity index is 1.87. The minimum atomic E-state index is -0.549. The van der Waals surface area contributed by atoms with Crippen molar-refractivity contribution in [1.82, 2.24) is 14.8 Å². The maximum absolute atomic E-state index is 12.8. The van der Waals surface area contributed by atoms with Crippen LogP contribution in [0.3, 0.4) is 0 Å². The van der Waals surface area contributed by atoms with E-state index in [1.807, 2.05) is 55.9 Å². The lowest BCUT2D eigenvalue weighted by molar-refractivity contribution is 0.00717. The number of fused-ring (bicyclic) bond motifs is 2. The standard InChI is InChI=1S/C21H23N3O2/c1-21(2,3)26-20(25)16-12-19(23-17-10-6-5-9-15(16)17)24-18-11-7-4-8-14(18)13-22-24/h5-6,9-10,12-13H,4,7-8,11H2,1-3H3. The van der Waals surface area contributed by atoms with Gasteiger partial charge in [0.25, 0.3) is 0 Å². The molecule has 0 aliphatic heterocycles. The highest BCUT2D eigenvalue weighted by Gasteiger charge is 2.23. The number of benzene rings is 1. The third-order valence-corrected chi connectivity index (χ3v) is 4.60. The van der Waals surface area contributed by atoms with E-state index in [1.165, 1.54) is 17.7 Å². The minimum Gasteiger partial charge on any atom is -0.456 e. The van der Waals surface area contributed by atoms with E-state index in [9.17, 15) is 4.79 Å². The third-order valence-electron chi connectivity index (χ3n) is 4.60. The van der Waals surface area contributed by atoms with Crippen LogP contribution in [0, 0.1) is 0 Å². The summed E-state index contributed by atoms with van der Waals surface area (Å²) in [5, 5.41) is 5.35. The van der Waals surface area contributed by atoms with E-state index in [4.69, 9.17) is 9.72 Å². The Bertz CT molecular complexity index is 983. The molecule has 0 spiro atoms. The summed E-state index contributed by atoms with van der Waals surface area (Å²) in [5.41, 5.74) is 3.23. The Morgan fingerprint density at radius 1 is 1.15 bits per heavy atom. The van der Waals surface area contributed by atoms with Gasteiger partial charge in [0.2, 0.25) is 0 Å². The molecule has 3 aromatic rings. The molecule has 1 aliphatic carbocycles. The van der Waals surface area contributed by atoms with E-state index in [0.29, 0.717) is 11.4 Å². The summed E-state index contributed by atoms with van der Waals surface area (Å²) < 4.78 is 7.50. The zero-order valence-electron chi connectivity index (χ0n) is 15.5. The molecule has 0 fully saturated rings. The van der Waals surface area contributed by atoms with Gasteiger partial charge in [-0.15, -0.1) is 0 Å². The van der Waals surface area contributed by atoms with Crippen LogP contribution in [0.2, 0.25) is 0 Å². The Labute approximate surface area is 153 Å². The van der Waals surface area contributed by atoms with Crippen molar-refractivity contribution < 1.29 is 9.53 Å². The molecule has 0 saturated heterocycles. The number of esters is 1. The Morgan fingerprint density at radius 2 is 1.92 bits per heavy atom. The van der Waals surface area contributed by atoms with Gasteiger partial charge in [-0.05, 0) is 64.2 Å². The van der Waals surface area contributed by atoms with E-state index in [2.05, 4.69) is 5.10 Å². The number of aryl methyl sites for hydroxylation is 1. The van der Waals surface area contributed by atoms with Crippen LogP contribution in [0.15, 0.2) is 36.5 Å². The molecule has 0 saturated carbocycles. The number of hydrogen-bond acceptors (Lipinski definition) is 4. The first kappa shape index (κ1) is 16.8. The number of carbonyl (C=O) groups is 1. The maximum atomic E-state index is 12.8. The van der Waals surface area contributed by atoms with Crippen molar-refractivity contribution in [3.05, 3.63) is 53.3 Å². The van der Waals surface area contributed by atoms with Crippen molar-refractivity contribution in [1.29, 1.82) is 0 Å². The summed E-state index contributed by atoms with van der Waals surface area (Å²) in [6, 6.07) is 9.47. The van der Waals surface area contributed by atoms with Gasteiger partial charge >= 0.3 is 5.97 Å². The molecule has 0 amide bonds. The van der Waals surface area contributed by atoms with E-state index >= 15 is 0 Å². The third kappa shape index (κ3) is 3.09. The molecule has 26 heavy (non-hydrogen) atoms. The molecule has 0 bridgehead atoms. The second kappa shape index (κ2) is 6.24. The van der Waals surface area contributed by atoms with Gasteiger partial charge in [0.15, 0.2) is 5.82 Å². The second-order valence-electron chi connectivity index (χ2n) is 7.78. The minimum absolute atomic E-state index is 0.335. The molecule has 134 valence electrons. The number of ether oxygens (including phenoxy) is 1. The van der Waals surface area contributed by atoms with Crippen molar-refractivity contribution in [2.24, 2.45) is 0 Å². The van der Waals surface area contributed by atoms with Gasteiger partial charge < -0.3 is 4.74 Å². The lowest BCUT2D eigenvalue weighted by Crippen LogP contribution is -2.24. The fourth-order valence-electron chi connectivity index (χ4n) is 3.46. The topological polar surface area (TPSA) is 57.0 Å². The first-order valence-electron chi connectivity index (χ1n) is 9.12. The van der Waals surface area contributed by atoms with Gasteiger partial charge in [-0.1, -0.05) is 18.2 Å². The van der Waals surface area contributed by atoms with Crippen molar-refractivity contribution in [2.45, 2.75) is 52.1 Å². The van der Waals surface area contributed by atoms with Crippen molar-refractivity contribution in [2.75, 3.05) is 0 Å². The van der Waals surface area contributed by atoms with Gasteiger partial charge in [0, 0.05) is 11.1 Å². The molecule has 2 aromatic heterocycles. The Kier molecular flexibility index (Phi) is 4.02. The highest BCUT2D eigenvalue weighted by molar-refractivity contribution is 6.04. The highest BCUT2D eigenvalue weighted by Crippen LogP contribution is 2.26. The van der Waals surface area contributed by atoms with Gasteiger partial charge in [0.1, 0.15) is 5.60 Å². The van der Waals surface area contributed by atoms with Crippen LogP contribution in [0.5, 0.6) is 0 Å². The number of carbonyl (C=O) groups excluding carboxylic acids is 1. The van der Waals surface area contributed by atoms with Crippen molar-refractivity contribution >= 4 is 16.9 Å². The van der Waals surface area contributed by atoms with Crippen LogP contribution in [-0.4, -0.2) is 26.3 Å². The van der Waals surface area contributed by atoms with Crippen LogP contribution in [0.4, 0.5) is 0 Å². The predicted octanol–water partition coefficient (Wildman–Crippen LogP) is 4.25. The first-order chi connectivity index (χ1) is 12.4. The summed E-state index contributed by atoms with van der Waals surface area (Å²) in [6.07, 6.45) is 6.34. The summed E-state index contributed by atoms with van der Waals surface area (Å²) in [6.45, 7) is 5.62. The van der Waals surface area contributed by atoms with E-state index in [1.54, 1.807) is 6.07 Å². The van der Waals surface area contributed by atoms with E-state index in [0.717, 1.165) is 30.2 Å². The number of aromatic nitrogens is 3. The molecule has 0 radical (unpaired) electrons. The van der Waals surface area contributed by atoms with Crippen LogP contribution in [0.1, 0.15) is 55.2 Å². The molecule has 4 rings (SSSR count). The summed E-state index contributed by atoms with van der Waals surface area (Å²) in [4.78, 5) is 17.6. The summed E-state index contributed by atoms with van der Waals surface area (Å²) >= 11 is 0. The van der Waals surface area contributed by atoms with Crippen LogP contribution in [-0.2, 0) is 17.6 Å². The Morgan fingerprint density at radius 3 is 2.73 bits per heavy atom. The SMILES string of the molecule is CC(C)(C)OC(=O)c1cc(-n2ncc3c2CCCC3)nc2ccccc12. The van der Waals surface area contributed by atoms with Crippen LogP contribution in [0.25, 0.3) is 16.7 Å². The predicted molar refractivity (Wildman–Crippen MR) is 101 cm³/mol. The van der Waals surface area contributed by atoms with Gasteiger partial charge in [-0.3, -0.25) is 0 Å². The maximum Gasteiger partial charge on any atom is 0.339 e. The first-order valence-corrected chi connectivity index (χ1v) is 9.12. The van der Waals surface area contributed by atoms with Gasteiger partial charge in [-0.2, -0.15) is 5.10 Å². The van der Waals surface area contributed by atoms with Crippen molar-refractivity contribution in [3.63, 3.8) is 0 Å². The molecular weight excluding hydrogens is 326 g/mol. The number of para-hydroxylation sites is 1. The molecule has 0 N–H and O–H groups in total. The van der Waals surface area contributed by atoms with E-state index < -0.39 is 5.60 Å². The molecule has 0 unspecified atom stereocenters. The second-order valence-corrected chi connectivity index (χ2v) is 7.78. The number of pyridine rings is 1. The number of nitrogens with zero attached hydrogens (tertiary/aromatic N) is 3. The molecule has 1 aromatic carbocycles. The average molecular weight is 349 g/mol. The summed E-state index contributed by atoms with van der Waals surface area (Å²) in [5.74, 6) is 0.339. The highest BCUT2D eigenvalue weighted by atomic mass is 16.6. The number of hydrogen-bond donors (Lipinski definition) is 0. The van der Waals surface area contributed by atoms with E-state index in [-0.39, 0.29) is 5.97 Å². The smallest absolute Gasteiger partial charge is 0.339 e. The molecule has 5 heteroatoms. The molecule has 2 heterocycles. The Hall–Kier alpha value is -2.69. The van der Waals surface area contributed by atoms with Crippen molar-refractivity contribution in [3.8, 4) is 5.82 Å². The van der Waals surface area contributed by atoms with Crippen LogP contribution < -0.4 is 0 Å². The fourth-order valence-corrected chi connectivity index (χ4v) is 3.46. The lowest BCUT2D eigenvalue weighted by Gasteiger charge is -2.20. The largest absolute Gasteiger partial charge is 0.456 e. The monoisotopic (exact) mass is 349 g/mol. The average Bonchev–Trinajstić information content (AvgIpc) is 3.03.